The molecule has 12 nitrogen and oxygen atoms in total. The number of carbonyl (C=O) groups is 3. The molecule has 0 saturated heterocycles. The SMILES string of the molecule is CS(=O)(=O)c1ccccc1.C[C@@H](C(=O)ONC(=O)OC(C)(C)C)N(C)C(=O)OC(C)(C)C.O=S(=O)(Cl)Cl. The number of benzene rings is 1. The Morgan fingerprint density at radius 2 is 1.30 bits per heavy atom. The van der Waals surface area contributed by atoms with Crippen LogP contribution < -0.4 is 5.48 Å². The molecule has 2 amide bonds. The van der Waals surface area contributed by atoms with Crippen molar-refractivity contribution >= 4 is 57.6 Å². The molecule has 1 aromatic carbocycles. The molecule has 1 aromatic rings. The highest BCUT2D eigenvalue weighted by Gasteiger charge is 2.29. The highest BCUT2D eigenvalue weighted by molar-refractivity contribution is 8.31. The maximum atomic E-state index is 11.8. The molecule has 0 saturated carbocycles. The highest BCUT2D eigenvalue weighted by Crippen LogP contribution is 2.11. The molecule has 16 heteroatoms. The van der Waals surface area contributed by atoms with Crippen LogP contribution >= 0.6 is 21.4 Å². The molecule has 0 heterocycles. The number of nitrogens with one attached hydrogen (secondary N) is 1. The van der Waals surface area contributed by atoms with Gasteiger partial charge in [0, 0.05) is 34.7 Å². The van der Waals surface area contributed by atoms with Crippen molar-refractivity contribution in [2.45, 2.75) is 70.6 Å². The minimum absolute atomic E-state index is 0.370. The van der Waals surface area contributed by atoms with Crippen LogP contribution in [0.4, 0.5) is 9.59 Å². The third kappa shape index (κ3) is 22.6. The quantitative estimate of drug-likeness (QED) is 0.301. The van der Waals surface area contributed by atoms with Crippen molar-refractivity contribution < 1.29 is 45.5 Å². The van der Waals surface area contributed by atoms with Crippen molar-refractivity contribution in [3.05, 3.63) is 30.3 Å². The van der Waals surface area contributed by atoms with Gasteiger partial charge in [0.25, 0.3) is 0 Å². The molecule has 0 radical (unpaired) electrons. The largest absolute Gasteiger partial charge is 0.444 e. The first kappa shape index (κ1) is 36.9. The Labute approximate surface area is 227 Å². The van der Waals surface area contributed by atoms with Gasteiger partial charge >= 0.3 is 26.4 Å². The summed E-state index contributed by atoms with van der Waals surface area (Å²) in [4.78, 5) is 41.0. The van der Waals surface area contributed by atoms with Crippen LogP contribution in [0.15, 0.2) is 35.2 Å². The lowest BCUT2D eigenvalue weighted by Crippen LogP contribution is -2.46. The van der Waals surface area contributed by atoms with Gasteiger partial charge in [0.15, 0.2) is 9.84 Å². The van der Waals surface area contributed by atoms with Gasteiger partial charge in [-0.3, -0.25) is 4.90 Å². The molecular formula is C21H34Cl2N2O10S2. The van der Waals surface area contributed by atoms with Gasteiger partial charge in [0.2, 0.25) is 0 Å². The molecule has 37 heavy (non-hydrogen) atoms. The number of rotatable bonds is 3. The number of hydrogen-bond donors (Lipinski definition) is 1. The molecule has 0 aromatic heterocycles. The number of likely N-dealkylation sites (N-methyl/N-ethyl adjacent to an activating group) is 1. The lowest BCUT2D eigenvalue weighted by Gasteiger charge is -2.27. The summed E-state index contributed by atoms with van der Waals surface area (Å²) in [7, 11) is 3.21. The summed E-state index contributed by atoms with van der Waals surface area (Å²) in [6.07, 6.45) is -0.371. The van der Waals surface area contributed by atoms with Gasteiger partial charge in [-0.05, 0) is 60.6 Å². The van der Waals surface area contributed by atoms with Crippen LogP contribution in [0.2, 0.25) is 0 Å². The van der Waals surface area contributed by atoms with E-state index in [0.717, 1.165) is 4.90 Å². The summed E-state index contributed by atoms with van der Waals surface area (Å²) in [5.74, 6) is -0.820. The molecule has 1 rings (SSSR count). The second kappa shape index (κ2) is 15.2. The van der Waals surface area contributed by atoms with E-state index in [9.17, 15) is 22.8 Å². The first-order valence-electron chi connectivity index (χ1n) is 10.4. The Kier molecular flexibility index (Phi) is 15.1. The number of nitrogens with zero attached hydrogens (tertiary/aromatic N) is 1. The highest BCUT2D eigenvalue weighted by atomic mass is 36.0. The Morgan fingerprint density at radius 1 is 0.892 bits per heavy atom. The van der Waals surface area contributed by atoms with Crippen LogP contribution in [0.5, 0.6) is 0 Å². The van der Waals surface area contributed by atoms with E-state index in [1.54, 1.807) is 71.9 Å². The smallest absolute Gasteiger partial charge is 0.441 e. The third-order valence-electron chi connectivity index (χ3n) is 3.41. The maximum absolute atomic E-state index is 11.8. The van der Waals surface area contributed by atoms with Crippen LogP contribution in [0.25, 0.3) is 0 Å². The third-order valence-corrected chi connectivity index (χ3v) is 4.54. The molecule has 0 fully saturated rings. The number of hydroxylamine groups is 1. The van der Waals surface area contributed by atoms with Crippen LogP contribution in [0.1, 0.15) is 48.5 Å². The van der Waals surface area contributed by atoms with E-state index in [1.807, 2.05) is 5.48 Å². The minimum Gasteiger partial charge on any atom is -0.444 e. The average molecular weight is 610 g/mol. The van der Waals surface area contributed by atoms with Crippen molar-refractivity contribution in [3.63, 3.8) is 0 Å². The summed E-state index contributed by atoms with van der Waals surface area (Å²) in [6.45, 7) is 11.6. The molecule has 0 aliphatic rings. The van der Waals surface area contributed by atoms with E-state index < -0.39 is 53.5 Å². The van der Waals surface area contributed by atoms with E-state index in [4.69, 9.17) is 17.9 Å². The number of ether oxygens (including phenoxy) is 2. The lowest BCUT2D eigenvalue weighted by molar-refractivity contribution is -0.155. The van der Waals surface area contributed by atoms with Crippen LogP contribution in [-0.4, -0.2) is 70.4 Å². The summed E-state index contributed by atoms with van der Waals surface area (Å²) in [5, 5.41) is 0. The molecular weight excluding hydrogens is 575 g/mol. The number of carbonyl (C=O) groups excluding carboxylic acids is 3. The molecule has 0 aliphatic heterocycles. The van der Waals surface area contributed by atoms with Crippen molar-refractivity contribution in [3.8, 4) is 0 Å². The standard InChI is InChI=1S/C14H26N2O6.C7H8O2S.Cl2O2S/c1-9(16(8)12(19)21-14(5,6)7)10(17)22-15-11(18)20-13(2,3)4;1-10(8,9)7-5-3-2-4-6-7;1-5(2,3)4/h9H,1-8H3,(H,15,18);2-6H,1H3;/t9-;;/m0../s1. The second-order valence-corrected chi connectivity index (χ2v) is 14.9. The summed E-state index contributed by atoms with van der Waals surface area (Å²) in [6, 6.07) is 7.41. The van der Waals surface area contributed by atoms with E-state index in [1.165, 1.54) is 20.2 Å². The predicted molar refractivity (Wildman–Crippen MR) is 139 cm³/mol. The first-order chi connectivity index (χ1) is 16.3. The Bertz CT molecular complexity index is 1090. The van der Waals surface area contributed by atoms with Gasteiger partial charge in [-0.1, -0.05) is 18.2 Å². The molecule has 0 spiro atoms. The molecule has 0 bridgehead atoms. The van der Waals surface area contributed by atoms with Crippen molar-refractivity contribution in [2.24, 2.45) is 0 Å². The topological polar surface area (TPSA) is 162 Å². The van der Waals surface area contributed by atoms with Crippen molar-refractivity contribution in [1.29, 1.82) is 0 Å². The maximum Gasteiger partial charge on any atom is 0.441 e. The molecule has 0 aliphatic carbocycles. The van der Waals surface area contributed by atoms with E-state index in [-0.39, 0.29) is 0 Å². The number of sulfone groups is 1. The van der Waals surface area contributed by atoms with Gasteiger partial charge in [-0.25, -0.2) is 22.8 Å². The molecule has 214 valence electrons. The summed E-state index contributed by atoms with van der Waals surface area (Å²) < 4.78 is 50.0. The normalized spacial score (nSPS) is 12.3. The zero-order valence-electron chi connectivity index (χ0n) is 22.1. The molecule has 1 N–H and O–H groups in total. The van der Waals surface area contributed by atoms with Gasteiger partial charge in [-0.15, -0.1) is 5.48 Å². The number of halogens is 2. The minimum atomic E-state index is -3.72. The second-order valence-electron chi connectivity index (χ2n) is 9.26. The van der Waals surface area contributed by atoms with Gasteiger partial charge < -0.3 is 14.3 Å². The van der Waals surface area contributed by atoms with Crippen LogP contribution in [0.3, 0.4) is 0 Å². The first-order valence-corrected chi connectivity index (χ1v) is 15.4. The molecule has 0 unspecified atom stereocenters. The van der Waals surface area contributed by atoms with E-state index >= 15 is 0 Å². The monoisotopic (exact) mass is 608 g/mol. The van der Waals surface area contributed by atoms with Gasteiger partial charge in [0.05, 0.1) is 4.90 Å². The Morgan fingerprint density at radius 3 is 1.62 bits per heavy atom. The zero-order valence-corrected chi connectivity index (χ0v) is 25.2. The lowest BCUT2D eigenvalue weighted by atomic mass is 10.2. The van der Waals surface area contributed by atoms with Crippen molar-refractivity contribution in [1.82, 2.24) is 10.4 Å². The van der Waals surface area contributed by atoms with Gasteiger partial charge in [0.1, 0.15) is 17.2 Å². The predicted octanol–water partition coefficient (Wildman–Crippen LogP) is 4.02. The summed E-state index contributed by atoms with van der Waals surface area (Å²) in [5.41, 5.74) is 0.483. The zero-order chi connectivity index (χ0) is 29.8. The van der Waals surface area contributed by atoms with Crippen LogP contribution in [-0.2, 0) is 37.2 Å². The Hall–Kier alpha value is -2.29. The molecule has 1 atom stereocenters. The van der Waals surface area contributed by atoms with Crippen LogP contribution in [0, 0.1) is 0 Å². The van der Waals surface area contributed by atoms with E-state index in [2.05, 4.69) is 26.2 Å². The number of amides is 2. The van der Waals surface area contributed by atoms with Crippen molar-refractivity contribution in [2.75, 3.05) is 13.3 Å². The fourth-order valence-electron chi connectivity index (χ4n) is 1.79. The fourth-order valence-corrected chi connectivity index (χ4v) is 2.45. The Balaban J connectivity index is 0. The van der Waals surface area contributed by atoms with E-state index in [0.29, 0.717) is 4.90 Å². The van der Waals surface area contributed by atoms with Gasteiger partial charge in [-0.2, -0.15) is 8.42 Å². The fraction of sp³-hybridized carbons (Fsp3) is 0.571. The average Bonchev–Trinajstić information content (AvgIpc) is 2.67. The summed E-state index contributed by atoms with van der Waals surface area (Å²) >= 11 is 0. The number of hydrogen-bond acceptors (Lipinski definition) is 10.